The van der Waals surface area contributed by atoms with Crippen LogP contribution in [0.4, 0.5) is 0 Å². The van der Waals surface area contributed by atoms with Gasteiger partial charge in [0.05, 0.1) is 10.0 Å². The van der Waals surface area contributed by atoms with Gasteiger partial charge in [-0.15, -0.1) is 0 Å². The zero-order valence-corrected chi connectivity index (χ0v) is 20.9. The smallest absolute Gasteiger partial charge is 0.363 e. The third-order valence-electron chi connectivity index (χ3n) is 4.84. The Labute approximate surface area is 215 Å². The normalized spacial score (nSPS) is 15.3. The molecule has 0 spiro atoms. The average molecular weight is 606 g/mol. The Morgan fingerprint density at radius 3 is 2.59 bits per heavy atom. The van der Waals surface area contributed by atoms with Crippen LogP contribution in [-0.2, 0) is 9.53 Å². The van der Waals surface area contributed by atoms with Crippen molar-refractivity contribution in [3.8, 4) is 17.2 Å². The standard InChI is InChI=1S/C24H12Br2ClNO6/c25-15-7-14(8-18-24(30)34-22(28-18)12-1-4-16(27)5-2-12)21(17(26)10-15)33-23(29)13-3-6-19-20(9-13)32-11-31-19/h1-10H,11H2/b18-8-. The molecule has 0 atom stereocenters. The molecule has 0 fully saturated rings. The molecule has 7 nitrogen and oxygen atoms in total. The number of cyclic esters (lactones) is 1. The predicted molar refractivity (Wildman–Crippen MR) is 131 cm³/mol. The lowest BCUT2D eigenvalue weighted by atomic mass is 10.1. The summed E-state index contributed by atoms with van der Waals surface area (Å²) in [7, 11) is 0. The maximum absolute atomic E-state index is 12.9. The molecule has 0 aliphatic carbocycles. The second-order valence-electron chi connectivity index (χ2n) is 7.11. The zero-order chi connectivity index (χ0) is 23.8. The molecule has 5 rings (SSSR count). The molecule has 0 unspecified atom stereocenters. The lowest BCUT2D eigenvalue weighted by Crippen LogP contribution is -2.10. The predicted octanol–water partition coefficient (Wildman–Crippen LogP) is 6.16. The van der Waals surface area contributed by atoms with E-state index in [0.717, 1.165) is 0 Å². The number of ether oxygens (including phenoxy) is 4. The van der Waals surface area contributed by atoms with E-state index in [9.17, 15) is 9.59 Å². The highest BCUT2D eigenvalue weighted by Crippen LogP contribution is 2.37. The van der Waals surface area contributed by atoms with Crippen LogP contribution in [0.5, 0.6) is 17.2 Å². The number of benzene rings is 3. The van der Waals surface area contributed by atoms with Crippen LogP contribution in [0.2, 0.25) is 5.02 Å². The Kier molecular flexibility index (Phi) is 6.16. The summed E-state index contributed by atoms with van der Waals surface area (Å²) < 4.78 is 22.8. The second kappa shape index (κ2) is 9.25. The monoisotopic (exact) mass is 603 g/mol. The summed E-state index contributed by atoms with van der Waals surface area (Å²) in [5.74, 6) is 0.141. The van der Waals surface area contributed by atoms with Crippen molar-refractivity contribution < 1.29 is 28.5 Å². The summed E-state index contributed by atoms with van der Waals surface area (Å²) in [6.45, 7) is 0.0957. The van der Waals surface area contributed by atoms with Gasteiger partial charge in [0.2, 0.25) is 12.7 Å². The Morgan fingerprint density at radius 2 is 1.79 bits per heavy atom. The molecule has 0 amide bonds. The molecular weight excluding hydrogens is 594 g/mol. The van der Waals surface area contributed by atoms with Gasteiger partial charge in [-0.25, -0.2) is 14.6 Å². The molecule has 0 radical (unpaired) electrons. The van der Waals surface area contributed by atoms with Crippen molar-refractivity contribution in [2.24, 2.45) is 4.99 Å². The van der Waals surface area contributed by atoms with Gasteiger partial charge in [-0.2, -0.15) is 0 Å². The van der Waals surface area contributed by atoms with Gasteiger partial charge in [0.25, 0.3) is 0 Å². The van der Waals surface area contributed by atoms with Crippen molar-refractivity contribution in [2.75, 3.05) is 6.79 Å². The average Bonchev–Trinajstić information content (AvgIpc) is 3.42. The molecule has 0 bridgehead atoms. The number of halogens is 3. The van der Waals surface area contributed by atoms with Gasteiger partial charge >= 0.3 is 11.9 Å². The van der Waals surface area contributed by atoms with Crippen LogP contribution in [0.25, 0.3) is 6.08 Å². The summed E-state index contributed by atoms with van der Waals surface area (Å²) in [6.07, 6.45) is 1.49. The van der Waals surface area contributed by atoms with Gasteiger partial charge in [-0.3, -0.25) is 0 Å². The van der Waals surface area contributed by atoms with Crippen molar-refractivity contribution in [2.45, 2.75) is 0 Å². The number of hydrogen-bond donors (Lipinski definition) is 0. The van der Waals surface area contributed by atoms with Crippen LogP contribution >= 0.6 is 43.5 Å². The van der Waals surface area contributed by atoms with Crippen LogP contribution in [0, 0.1) is 0 Å². The first-order chi connectivity index (χ1) is 16.4. The van der Waals surface area contributed by atoms with E-state index in [1.807, 2.05) is 0 Å². The minimum atomic E-state index is -0.630. The number of carbonyl (C=O) groups is 2. The van der Waals surface area contributed by atoms with Gasteiger partial charge in [0.15, 0.2) is 22.9 Å². The first-order valence-corrected chi connectivity index (χ1v) is 11.7. The molecule has 3 aromatic carbocycles. The summed E-state index contributed by atoms with van der Waals surface area (Å²) in [5, 5.41) is 0.553. The van der Waals surface area contributed by atoms with E-state index in [0.29, 0.717) is 36.6 Å². The lowest BCUT2D eigenvalue weighted by Gasteiger charge is -2.11. The molecule has 2 heterocycles. The van der Waals surface area contributed by atoms with Crippen LogP contribution in [-0.4, -0.2) is 24.6 Å². The Morgan fingerprint density at radius 1 is 1.03 bits per heavy atom. The molecule has 0 aromatic heterocycles. The van der Waals surface area contributed by atoms with Crippen molar-refractivity contribution >= 4 is 67.4 Å². The van der Waals surface area contributed by atoms with E-state index in [2.05, 4.69) is 36.9 Å². The topological polar surface area (TPSA) is 83.4 Å². The summed E-state index contributed by atoms with van der Waals surface area (Å²) in [6, 6.07) is 14.9. The van der Waals surface area contributed by atoms with E-state index in [1.54, 1.807) is 54.6 Å². The number of esters is 2. The SMILES string of the molecule is O=C1OC(c2ccc(Cl)cc2)=N/C1=C\c1cc(Br)cc(Br)c1OC(=O)c1ccc2c(c1)OCO2. The largest absolute Gasteiger partial charge is 0.454 e. The summed E-state index contributed by atoms with van der Waals surface area (Å²) in [4.78, 5) is 29.6. The molecule has 0 saturated carbocycles. The summed E-state index contributed by atoms with van der Waals surface area (Å²) in [5.41, 5.74) is 1.37. The molecular formula is C24H12Br2ClNO6. The van der Waals surface area contributed by atoms with Gasteiger partial charge in [0, 0.05) is 20.6 Å². The summed E-state index contributed by atoms with van der Waals surface area (Å²) >= 11 is 12.8. The molecule has 2 aliphatic rings. The number of aliphatic imine (C=N–C) groups is 1. The fourth-order valence-electron chi connectivity index (χ4n) is 3.24. The first-order valence-electron chi connectivity index (χ1n) is 9.77. The Balaban J connectivity index is 1.48. The zero-order valence-electron chi connectivity index (χ0n) is 17.0. The van der Waals surface area contributed by atoms with Crippen LogP contribution < -0.4 is 14.2 Å². The van der Waals surface area contributed by atoms with Crippen molar-refractivity contribution in [3.05, 3.63) is 91.0 Å². The van der Waals surface area contributed by atoms with Crippen LogP contribution in [0.3, 0.4) is 0 Å². The van der Waals surface area contributed by atoms with Gasteiger partial charge in [0.1, 0.15) is 0 Å². The minimum absolute atomic E-state index is 0.0512. The molecule has 0 N–H and O–H groups in total. The molecule has 2 aliphatic heterocycles. The molecule has 3 aromatic rings. The van der Waals surface area contributed by atoms with E-state index in [1.165, 1.54) is 6.08 Å². The van der Waals surface area contributed by atoms with Crippen molar-refractivity contribution in [3.63, 3.8) is 0 Å². The van der Waals surface area contributed by atoms with Gasteiger partial charge < -0.3 is 18.9 Å². The van der Waals surface area contributed by atoms with E-state index >= 15 is 0 Å². The van der Waals surface area contributed by atoms with Gasteiger partial charge in [-0.05, 0) is 76.6 Å². The lowest BCUT2D eigenvalue weighted by molar-refractivity contribution is -0.129. The van der Waals surface area contributed by atoms with Crippen LogP contribution in [0.1, 0.15) is 21.5 Å². The highest BCUT2D eigenvalue weighted by Gasteiger charge is 2.26. The van der Waals surface area contributed by atoms with E-state index < -0.39 is 11.9 Å². The fraction of sp³-hybridized carbons (Fsp3) is 0.0417. The number of carbonyl (C=O) groups excluding carboxylic acids is 2. The number of rotatable bonds is 4. The third-order valence-corrected chi connectivity index (χ3v) is 6.14. The number of hydrogen-bond acceptors (Lipinski definition) is 7. The number of nitrogens with zero attached hydrogens (tertiary/aromatic N) is 1. The maximum atomic E-state index is 12.9. The highest BCUT2D eigenvalue weighted by atomic mass is 79.9. The Bertz CT molecular complexity index is 1400. The minimum Gasteiger partial charge on any atom is -0.454 e. The molecule has 10 heteroatoms. The Hall–Kier alpha value is -3.14. The fourth-order valence-corrected chi connectivity index (χ4v) is 4.71. The molecule has 170 valence electrons. The van der Waals surface area contributed by atoms with E-state index in [4.69, 9.17) is 30.5 Å². The number of fused-ring (bicyclic) bond motifs is 1. The van der Waals surface area contributed by atoms with E-state index in [-0.39, 0.29) is 29.7 Å². The quantitative estimate of drug-likeness (QED) is 0.201. The second-order valence-corrected chi connectivity index (χ2v) is 9.31. The molecule has 0 saturated heterocycles. The van der Waals surface area contributed by atoms with Crippen LogP contribution in [0.15, 0.2) is 74.2 Å². The van der Waals surface area contributed by atoms with Crippen molar-refractivity contribution in [1.29, 1.82) is 0 Å². The maximum Gasteiger partial charge on any atom is 0.363 e. The highest BCUT2D eigenvalue weighted by molar-refractivity contribution is 9.11. The molecule has 34 heavy (non-hydrogen) atoms. The third kappa shape index (κ3) is 4.59. The van der Waals surface area contributed by atoms with Crippen molar-refractivity contribution in [1.82, 2.24) is 0 Å². The first kappa shape index (κ1) is 22.6. The van der Waals surface area contributed by atoms with Gasteiger partial charge in [-0.1, -0.05) is 27.5 Å².